The van der Waals surface area contributed by atoms with Crippen LogP contribution in [0.5, 0.6) is 0 Å². The van der Waals surface area contributed by atoms with E-state index >= 15 is 0 Å². The van der Waals surface area contributed by atoms with Gasteiger partial charge in [0.05, 0.1) is 11.4 Å². The van der Waals surface area contributed by atoms with Gasteiger partial charge in [-0.2, -0.15) is 0 Å². The number of hydrogen-bond donors (Lipinski definition) is 1. The van der Waals surface area contributed by atoms with E-state index in [0.717, 1.165) is 39.1 Å². The number of anilines is 2. The van der Waals surface area contributed by atoms with Gasteiger partial charge in [0.15, 0.2) is 0 Å². The highest BCUT2D eigenvalue weighted by Crippen LogP contribution is 2.31. The second-order valence-corrected chi connectivity index (χ2v) is 6.51. The third kappa shape index (κ3) is 3.57. The Morgan fingerprint density at radius 3 is 2.71 bits per heavy atom. The molecule has 3 rings (SSSR count). The van der Waals surface area contributed by atoms with Crippen molar-refractivity contribution in [1.29, 1.82) is 0 Å². The Kier molecular flexibility index (Phi) is 4.78. The molecule has 2 aromatic rings. The Hall–Kier alpha value is -1.52. The van der Waals surface area contributed by atoms with E-state index in [9.17, 15) is 0 Å². The molecule has 21 heavy (non-hydrogen) atoms. The summed E-state index contributed by atoms with van der Waals surface area (Å²) in [6, 6.07) is 13.0. The Morgan fingerprint density at radius 2 is 1.90 bits per heavy atom. The lowest BCUT2D eigenvalue weighted by atomic mass is 10.2. The van der Waals surface area contributed by atoms with Crippen molar-refractivity contribution in [2.75, 3.05) is 49.6 Å². The summed E-state index contributed by atoms with van der Waals surface area (Å²) in [4.78, 5) is 6.30. The molecule has 0 amide bonds. The highest BCUT2D eigenvalue weighted by molar-refractivity contribution is 7.09. The van der Waals surface area contributed by atoms with Gasteiger partial charge in [0.2, 0.25) is 0 Å². The van der Waals surface area contributed by atoms with Crippen molar-refractivity contribution in [2.45, 2.75) is 6.42 Å². The summed E-state index contributed by atoms with van der Waals surface area (Å²) in [7, 11) is 2.18. The standard InChI is InChI=1S/C17H23N3S/c1-19-12-13-20(17-7-3-2-6-16(17)19)11-10-18-9-8-15-5-4-14-21-15/h2-7,14,18H,8-13H2,1H3. The number of para-hydroxylation sites is 2. The van der Waals surface area contributed by atoms with Gasteiger partial charge in [-0.25, -0.2) is 0 Å². The van der Waals surface area contributed by atoms with Gasteiger partial charge in [0, 0.05) is 44.6 Å². The minimum Gasteiger partial charge on any atom is -0.371 e. The first-order chi connectivity index (χ1) is 10.3. The van der Waals surface area contributed by atoms with E-state index in [1.54, 1.807) is 0 Å². The fourth-order valence-electron chi connectivity index (χ4n) is 2.80. The van der Waals surface area contributed by atoms with Gasteiger partial charge in [-0.1, -0.05) is 18.2 Å². The van der Waals surface area contributed by atoms with Gasteiger partial charge >= 0.3 is 0 Å². The maximum absolute atomic E-state index is 3.56. The quantitative estimate of drug-likeness (QED) is 0.828. The molecule has 2 heterocycles. The molecule has 0 unspecified atom stereocenters. The maximum Gasteiger partial charge on any atom is 0.0605 e. The van der Waals surface area contributed by atoms with Crippen LogP contribution >= 0.6 is 11.3 Å². The predicted octanol–water partition coefficient (Wildman–Crippen LogP) is 2.84. The number of thiophene rings is 1. The summed E-state index contributed by atoms with van der Waals surface area (Å²) in [5.41, 5.74) is 2.72. The third-order valence-electron chi connectivity index (χ3n) is 4.03. The zero-order valence-corrected chi connectivity index (χ0v) is 13.4. The topological polar surface area (TPSA) is 18.5 Å². The van der Waals surface area contributed by atoms with E-state index in [4.69, 9.17) is 0 Å². The Labute approximate surface area is 131 Å². The minimum atomic E-state index is 1.05. The molecule has 1 N–H and O–H groups in total. The first-order valence-corrected chi connectivity index (χ1v) is 8.51. The van der Waals surface area contributed by atoms with Crippen LogP contribution in [0.4, 0.5) is 11.4 Å². The molecule has 0 saturated heterocycles. The molecule has 0 spiro atoms. The molecule has 0 radical (unpaired) electrons. The van der Waals surface area contributed by atoms with E-state index in [1.807, 2.05) is 11.3 Å². The zero-order valence-electron chi connectivity index (χ0n) is 12.6. The lowest BCUT2D eigenvalue weighted by Crippen LogP contribution is -2.42. The molecular weight excluding hydrogens is 278 g/mol. The summed E-state index contributed by atoms with van der Waals surface area (Å²) in [5.74, 6) is 0. The largest absolute Gasteiger partial charge is 0.371 e. The molecule has 1 aromatic carbocycles. The van der Waals surface area contributed by atoms with Gasteiger partial charge in [-0.3, -0.25) is 0 Å². The van der Waals surface area contributed by atoms with Crippen LogP contribution in [-0.4, -0.2) is 39.8 Å². The van der Waals surface area contributed by atoms with Gasteiger partial charge in [-0.15, -0.1) is 11.3 Å². The molecule has 0 fully saturated rings. The number of fused-ring (bicyclic) bond motifs is 1. The lowest BCUT2D eigenvalue weighted by Gasteiger charge is -2.37. The van der Waals surface area contributed by atoms with Gasteiger partial charge in [-0.05, 0) is 30.0 Å². The second-order valence-electron chi connectivity index (χ2n) is 5.48. The monoisotopic (exact) mass is 301 g/mol. The normalized spacial score (nSPS) is 14.3. The molecule has 0 bridgehead atoms. The molecular formula is C17H23N3S. The average Bonchev–Trinajstić information content (AvgIpc) is 3.03. The summed E-state index contributed by atoms with van der Waals surface area (Å²) in [5, 5.41) is 5.71. The predicted molar refractivity (Wildman–Crippen MR) is 92.8 cm³/mol. The highest BCUT2D eigenvalue weighted by Gasteiger charge is 2.18. The smallest absolute Gasteiger partial charge is 0.0605 e. The summed E-state index contributed by atoms with van der Waals surface area (Å²) >= 11 is 1.84. The summed E-state index contributed by atoms with van der Waals surface area (Å²) in [6.45, 7) is 5.40. The Bertz CT molecular complexity index is 553. The highest BCUT2D eigenvalue weighted by atomic mass is 32.1. The van der Waals surface area contributed by atoms with Gasteiger partial charge < -0.3 is 15.1 Å². The second kappa shape index (κ2) is 6.96. The maximum atomic E-state index is 3.56. The summed E-state index contributed by atoms with van der Waals surface area (Å²) < 4.78 is 0. The van der Waals surface area contributed by atoms with Crippen molar-refractivity contribution in [3.8, 4) is 0 Å². The summed E-state index contributed by atoms with van der Waals surface area (Å²) in [6.07, 6.45) is 1.14. The number of hydrogen-bond acceptors (Lipinski definition) is 4. The van der Waals surface area contributed by atoms with E-state index in [0.29, 0.717) is 0 Å². The molecule has 1 aliphatic rings. The average molecular weight is 301 g/mol. The van der Waals surface area contributed by atoms with Crippen LogP contribution in [0, 0.1) is 0 Å². The first-order valence-electron chi connectivity index (χ1n) is 7.63. The number of benzene rings is 1. The number of rotatable bonds is 6. The lowest BCUT2D eigenvalue weighted by molar-refractivity contribution is 0.647. The van der Waals surface area contributed by atoms with Crippen LogP contribution in [0.3, 0.4) is 0 Å². The molecule has 0 aliphatic carbocycles. The fraction of sp³-hybridized carbons (Fsp3) is 0.412. The molecule has 1 aromatic heterocycles. The van der Waals surface area contributed by atoms with Gasteiger partial charge in [0.1, 0.15) is 0 Å². The molecule has 4 heteroatoms. The van der Waals surface area contributed by atoms with Crippen molar-refractivity contribution >= 4 is 22.7 Å². The first kappa shape index (κ1) is 14.4. The van der Waals surface area contributed by atoms with E-state index in [-0.39, 0.29) is 0 Å². The number of nitrogens with one attached hydrogen (secondary N) is 1. The molecule has 3 nitrogen and oxygen atoms in total. The zero-order chi connectivity index (χ0) is 14.5. The van der Waals surface area contributed by atoms with Gasteiger partial charge in [0.25, 0.3) is 0 Å². The Balaban J connectivity index is 1.46. The Morgan fingerprint density at radius 1 is 1.05 bits per heavy atom. The van der Waals surface area contributed by atoms with Crippen molar-refractivity contribution in [2.24, 2.45) is 0 Å². The fourth-order valence-corrected chi connectivity index (χ4v) is 3.51. The van der Waals surface area contributed by atoms with E-state index in [1.165, 1.54) is 16.3 Å². The van der Waals surface area contributed by atoms with Crippen LogP contribution in [0.2, 0.25) is 0 Å². The molecule has 1 aliphatic heterocycles. The van der Waals surface area contributed by atoms with Crippen molar-refractivity contribution in [1.82, 2.24) is 5.32 Å². The van der Waals surface area contributed by atoms with E-state index in [2.05, 4.69) is 63.9 Å². The van der Waals surface area contributed by atoms with Crippen LogP contribution < -0.4 is 15.1 Å². The van der Waals surface area contributed by atoms with Crippen molar-refractivity contribution in [3.63, 3.8) is 0 Å². The van der Waals surface area contributed by atoms with Crippen LogP contribution in [0.25, 0.3) is 0 Å². The molecule has 0 saturated carbocycles. The van der Waals surface area contributed by atoms with Crippen LogP contribution in [-0.2, 0) is 6.42 Å². The van der Waals surface area contributed by atoms with E-state index < -0.39 is 0 Å². The van der Waals surface area contributed by atoms with Crippen molar-refractivity contribution in [3.05, 3.63) is 46.7 Å². The minimum absolute atomic E-state index is 1.05. The van der Waals surface area contributed by atoms with Crippen LogP contribution in [0.1, 0.15) is 4.88 Å². The van der Waals surface area contributed by atoms with Crippen LogP contribution in [0.15, 0.2) is 41.8 Å². The third-order valence-corrected chi connectivity index (χ3v) is 4.96. The number of likely N-dealkylation sites (N-methyl/N-ethyl adjacent to an activating group) is 1. The molecule has 112 valence electrons. The molecule has 0 atom stereocenters. The SMILES string of the molecule is CN1CCN(CCNCCc2cccs2)c2ccccc21. The van der Waals surface area contributed by atoms with Crippen molar-refractivity contribution < 1.29 is 0 Å². The number of nitrogens with zero attached hydrogens (tertiary/aromatic N) is 2.